The number of rotatable bonds is 3. The van der Waals surface area contributed by atoms with Gasteiger partial charge in [-0.15, -0.1) is 0 Å². The van der Waals surface area contributed by atoms with Crippen molar-refractivity contribution in [2.24, 2.45) is 5.73 Å². The van der Waals surface area contributed by atoms with Crippen molar-refractivity contribution in [1.82, 2.24) is 0 Å². The molecule has 1 fully saturated rings. The van der Waals surface area contributed by atoms with E-state index in [9.17, 15) is 10.1 Å². The Labute approximate surface area is 100 Å². The van der Waals surface area contributed by atoms with Gasteiger partial charge in [-0.05, 0) is 32.3 Å². The number of nitro benzene ring substituents is 1. The maximum atomic E-state index is 10.8. The predicted molar refractivity (Wildman–Crippen MR) is 67.1 cm³/mol. The fraction of sp³-hybridized carbons (Fsp3) is 0.500. The van der Waals surface area contributed by atoms with Gasteiger partial charge in [-0.1, -0.05) is 6.07 Å². The summed E-state index contributed by atoms with van der Waals surface area (Å²) in [7, 11) is 0. The van der Waals surface area contributed by atoms with Gasteiger partial charge in [-0.25, -0.2) is 0 Å². The van der Waals surface area contributed by atoms with Crippen molar-refractivity contribution in [2.75, 3.05) is 5.32 Å². The van der Waals surface area contributed by atoms with Gasteiger partial charge in [0.25, 0.3) is 5.69 Å². The van der Waals surface area contributed by atoms with Gasteiger partial charge in [0, 0.05) is 29.4 Å². The Morgan fingerprint density at radius 1 is 1.47 bits per heavy atom. The summed E-state index contributed by atoms with van der Waals surface area (Å²) in [6.07, 6.45) is 3.17. The molecule has 0 aromatic heterocycles. The third-order valence-corrected chi connectivity index (χ3v) is 3.33. The summed E-state index contributed by atoms with van der Waals surface area (Å²) in [6.45, 7) is 1.74. The molecule has 2 atom stereocenters. The van der Waals surface area contributed by atoms with Crippen molar-refractivity contribution in [3.8, 4) is 0 Å². The summed E-state index contributed by atoms with van der Waals surface area (Å²) in [5.74, 6) is 0. The van der Waals surface area contributed by atoms with E-state index in [0.29, 0.717) is 5.56 Å². The molecular formula is C12H17N3O2. The quantitative estimate of drug-likeness (QED) is 0.621. The highest BCUT2D eigenvalue weighted by Gasteiger charge is 2.24. The minimum atomic E-state index is -0.352. The number of aryl methyl sites for hydroxylation is 1. The van der Waals surface area contributed by atoms with Crippen LogP contribution in [0.15, 0.2) is 18.2 Å². The zero-order valence-corrected chi connectivity index (χ0v) is 9.85. The standard InChI is InChI=1S/C12H17N3O2/c1-8-5-6-9(7-12(8)15(16)17)14-11-4-2-3-10(11)13/h5-7,10-11,14H,2-4,13H2,1H3. The first kappa shape index (κ1) is 11.9. The summed E-state index contributed by atoms with van der Waals surface area (Å²) in [4.78, 5) is 10.5. The Balaban J connectivity index is 2.16. The van der Waals surface area contributed by atoms with Crippen LogP contribution in [0.25, 0.3) is 0 Å². The molecule has 0 heterocycles. The van der Waals surface area contributed by atoms with E-state index in [1.54, 1.807) is 19.1 Å². The van der Waals surface area contributed by atoms with Gasteiger partial charge in [0.2, 0.25) is 0 Å². The highest BCUT2D eigenvalue weighted by Crippen LogP contribution is 2.26. The van der Waals surface area contributed by atoms with Crippen LogP contribution in [0.3, 0.4) is 0 Å². The van der Waals surface area contributed by atoms with Crippen molar-refractivity contribution in [3.63, 3.8) is 0 Å². The average molecular weight is 235 g/mol. The van der Waals surface area contributed by atoms with Gasteiger partial charge in [-0.3, -0.25) is 10.1 Å². The molecule has 0 aliphatic heterocycles. The van der Waals surface area contributed by atoms with Crippen LogP contribution in [0.4, 0.5) is 11.4 Å². The van der Waals surface area contributed by atoms with Crippen LogP contribution in [0.2, 0.25) is 0 Å². The van der Waals surface area contributed by atoms with Crippen molar-refractivity contribution >= 4 is 11.4 Å². The number of anilines is 1. The molecule has 1 aromatic rings. The molecule has 3 N–H and O–H groups in total. The van der Waals surface area contributed by atoms with E-state index in [2.05, 4.69) is 5.32 Å². The second kappa shape index (κ2) is 4.71. The van der Waals surface area contributed by atoms with Gasteiger partial charge >= 0.3 is 0 Å². The molecule has 2 rings (SSSR count). The van der Waals surface area contributed by atoms with E-state index in [1.165, 1.54) is 0 Å². The minimum absolute atomic E-state index is 0.148. The second-order valence-corrected chi connectivity index (χ2v) is 4.60. The Morgan fingerprint density at radius 3 is 2.82 bits per heavy atom. The smallest absolute Gasteiger partial charge is 0.274 e. The first-order valence-electron chi connectivity index (χ1n) is 5.85. The Hall–Kier alpha value is -1.62. The van der Waals surface area contributed by atoms with Crippen molar-refractivity contribution < 1.29 is 4.92 Å². The fourth-order valence-electron chi connectivity index (χ4n) is 2.28. The number of hydrogen-bond acceptors (Lipinski definition) is 4. The number of nitrogens with zero attached hydrogens (tertiary/aromatic N) is 1. The van der Waals surface area contributed by atoms with E-state index < -0.39 is 0 Å². The lowest BCUT2D eigenvalue weighted by molar-refractivity contribution is -0.385. The van der Waals surface area contributed by atoms with Crippen LogP contribution in [0.1, 0.15) is 24.8 Å². The molecule has 0 radical (unpaired) electrons. The Bertz CT molecular complexity index is 434. The number of benzene rings is 1. The number of nitrogens with one attached hydrogen (secondary N) is 1. The highest BCUT2D eigenvalue weighted by molar-refractivity contribution is 5.55. The van der Waals surface area contributed by atoms with Gasteiger partial charge in [0.05, 0.1) is 4.92 Å². The summed E-state index contributed by atoms with van der Waals surface area (Å²) in [5, 5.41) is 14.1. The molecule has 0 saturated heterocycles. The molecule has 17 heavy (non-hydrogen) atoms. The molecule has 1 saturated carbocycles. The average Bonchev–Trinajstić information content (AvgIpc) is 2.67. The predicted octanol–water partition coefficient (Wildman–Crippen LogP) is 2.19. The molecule has 1 aliphatic carbocycles. The molecule has 1 aliphatic rings. The van der Waals surface area contributed by atoms with Gasteiger partial charge < -0.3 is 11.1 Å². The molecule has 5 nitrogen and oxygen atoms in total. The van der Waals surface area contributed by atoms with E-state index in [1.807, 2.05) is 6.07 Å². The summed E-state index contributed by atoms with van der Waals surface area (Å²) in [6, 6.07) is 5.60. The van der Waals surface area contributed by atoms with Crippen molar-refractivity contribution in [2.45, 2.75) is 38.3 Å². The SMILES string of the molecule is Cc1ccc(NC2CCCC2N)cc1[N+](=O)[O-]. The lowest BCUT2D eigenvalue weighted by Crippen LogP contribution is -2.35. The first-order chi connectivity index (χ1) is 8.08. The van der Waals surface area contributed by atoms with E-state index in [4.69, 9.17) is 5.73 Å². The lowest BCUT2D eigenvalue weighted by Gasteiger charge is -2.18. The molecule has 0 spiro atoms. The summed E-state index contributed by atoms with van der Waals surface area (Å²) >= 11 is 0. The number of nitro groups is 1. The van der Waals surface area contributed by atoms with Crippen LogP contribution in [-0.2, 0) is 0 Å². The molecule has 92 valence electrons. The van der Waals surface area contributed by atoms with E-state index >= 15 is 0 Å². The molecule has 5 heteroatoms. The van der Waals surface area contributed by atoms with E-state index in [0.717, 1.165) is 24.9 Å². The lowest BCUT2D eigenvalue weighted by atomic mass is 10.1. The Morgan fingerprint density at radius 2 is 2.24 bits per heavy atom. The van der Waals surface area contributed by atoms with Crippen LogP contribution >= 0.6 is 0 Å². The van der Waals surface area contributed by atoms with Gasteiger partial charge in [0.1, 0.15) is 0 Å². The zero-order valence-electron chi connectivity index (χ0n) is 9.85. The fourth-order valence-corrected chi connectivity index (χ4v) is 2.28. The number of nitrogens with two attached hydrogens (primary N) is 1. The van der Waals surface area contributed by atoms with Crippen LogP contribution in [0.5, 0.6) is 0 Å². The Kier molecular flexibility index (Phi) is 3.28. The molecule has 1 aromatic carbocycles. The van der Waals surface area contributed by atoms with Crippen molar-refractivity contribution in [3.05, 3.63) is 33.9 Å². The topological polar surface area (TPSA) is 81.2 Å². The summed E-state index contributed by atoms with van der Waals surface area (Å²) < 4.78 is 0. The third kappa shape index (κ3) is 2.55. The van der Waals surface area contributed by atoms with E-state index in [-0.39, 0.29) is 22.7 Å². The normalized spacial score (nSPS) is 23.6. The maximum Gasteiger partial charge on any atom is 0.274 e. The van der Waals surface area contributed by atoms with Crippen LogP contribution in [0, 0.1) is 17.0 Å². The van der Waals surface area contributed by atoms with Gasteiger partial charge in [-0.2, -0.15) is 0 Å². The molecule has 2 unspecified atom stereocenters. The monoisotopic (exact) mass is 235 g/mol. The first-order valence-corrected chi connectivity index (χ1v) is 5.85. The molecule has 0 amide bonds. The van der Waals surface area contributed by atoms with Crippen LogP contribution < -0.4 is 11.1 Å². The van der Waals surface area contributed by atoms with Gasteiger partial charge in [0.15, 0.2) is 0 Å². The summed E-state index contributed by atoms with van der Waals surface area (Å²) in [5.41, 5.74) is 7.57. The van der Waals surface area contributed by atoms with Crippen molar-refractivity contribution in [1.29, 1.82) is 0 Å². The molecule has 0 bridgehead atoms. The maximum absolute atomic E-state index is 10.8. The number of hydrogen-bond donors (Lipinski definition) is 2. The third-order valence-electron chi connectivity index (χ3n) is 3.33. The van der Waals surface area contributed by atoms with Crippen LogP contribution in [-0.4, -0.2) is 17.0 Å². The highest BCUT2D eigenvalue weighted by atomic mass is 16.6. The largest absolute Gasteiger partial charge is 0.381 e. The zero-order chi connectivity index (χ0) is 12.4. The minimum Gasteiger partial charge on any atom is -0.381 e. The molecular weight excluding hydrogens is 218 g/mol. The second-order valence-electron chi connectivity index (χ2n) is 4.60.